The lowest BCUT2D eigenvalue weighted by atomic mass is 9.94. The first-order valence-corrected chi connectivity index (χ1v) is 8.83. The second kappa shape index (κ2) is 8.31. The van der Waals surface area contributed by atoms with Gasteiger partial charge in [-0.25, -0.2) is 4.98 Å². The summed E-state index contributed by atoms with van der Waals surface area (Å²) in [6, 6.07) is 0. The minimum Gasteiger partial charge on any atom is -0.469 e. The predicted octanol–water partition coefficient (Wildman–Crippen LogP) is 1.58. The third-order valence-corrected chi connectivity index (χ3v) is 4.96. The fraction of sp³-hybridized carbons (Fsp3) is 0.667. The number of alkyl halides is 3. The molecule has 0 bridgehead atoms. The van der Waals surface area contributed by atoms with Crippen molar-refractivity contribution in [3.05, 3.63) is 11.1 Å². The molecule has 0 aliphatic carbocycles. The molecule has 2 N–H and O–H groups in total. The lowest BCUT2D eigenvalue weighted by Gasteiger charge is -2.29. The van der Waals surface area contributed by atoms with Crippen molar-refractivity contribution in [2.75, 3.05) is 32.1 Å². The second-order valence-electron chi connectivity index (χ2n) is 6.10. The Labute approximate surface area is 152 Å². The Morgan fingerprint density at radius 1 is 1.42 bits per heavy atom. The van der Waals surface area contributed by atoms with Crippen LogP contribution in [-0.4, -0.2) is 65.4 Å². The van der Waals surface area contributed by atoms with E-state index in [4.69, 9.17) is 0 Å². The molecule has 26 heavy (non-hydrogen) atoms. The first-order valence-electron chi connectivity index (χ1n) is 7.95. The Morgan fingerprint density at radius 2 is 2.15 bits per heavy atom. The molecule has 0 radical (unpaired) electrons. The highest BCUT2D eigenvalue weighted by atomic mass is 32.1. The minimum atomic E-state index is -4.68. The number of rotatable bonds is 5. The summed E-state index contributed by atoms with van der Waals surface area (Å²) in [5, 5.41) is 14.2. The zero-order valence-corrected chi connectivity index (χ0v) is 15.0. The first-order chi connectivity index (χ1) is 12.1. The highest BCUT2D eigenvalue weighted by molar-refractivity contribution is 7.13. The molecular weight excluding hydrogens is 375 g/mol. The van der Waals surface area contributed by atoms with Crippen molar-refractivity contribution in [3.8, 4) is 0 Å². The highest BCUT2D eigenvalue weighted by Gasteiger charge is 2.53. The minimum absolute atomic E-state index is 0.00891. The topological polar surface area (TPSA) is 91.8 Å². The number of halogens is 3. The van der Waals surface area contributed by atoms with Gasteiger partial charge in [0.05, 0.1) is 25.8 Å². The molecule has 1 aromatic rings. The van der Waals surface area contributed by atoms with E-state index >= 15 is 0 Å². The summed E-state index contributed by atoms with van der Waals surface area (Å²) in [7, 11) is 1.26. The molecular formula is C15H20F3N3O4S. The van der Waals surface area contributed by atoms with Crippen LogP contribution in [0.3, 0.4) is 0 Å². The molecule has 0 saturated carbocycles. The Morgan fingerprint density at radius 3 is 2.81 bits per heavy atom. The average Bonchev–Trinajstić information content (AvgIpc) is 2.88. The van der Waals surface area contributed by atoms with Crippen molar-refractivity contribution >= 4 is 28.3 Å². The summed E-state index contributed by atoms with van der Waals surface area (Å²) >= 11 is 1.14. The first kappa shape index (κ1) is 20.6. The molecule has 146 valence electrons. The van der Waals surface area contributed by atoms with Crippen molar-refractivity contribution in [1.82, 2.24) is 9.88 Å². The van der Waals surface area contributed by atoms with Gasteiger partial charge < -0.3 is 15.2 Å². The molecule has 11 heteroatoms. The van der Waals surface area contributed by atoms with Crippen LogP contribution in [0.25, 0.3) is 0 Å². The number of hydrogen-bond donors (Lipinski definition) is 2. The van der Waals surface area contributed by atoms with Crippen LogP contribution in [-0.2, 0) is 20.7 Å². The van der Waals surface area contributed by atoms with E-state index in [-0.39, 0.29) is 38.9 Å². The molecule has 1 aliphatic rings. The lowest BCUT2D eigenvalue weighted by Crippen LogP contribution is -2.46. The summed E-state index contributed by atoms with van der Waals surface area (Å²) in [4.78, 5) is 28.9. The van der Waals surface area contributed by atoms with Crippen LogP contribution in [0.4, 0.5) is 18.3 Å². The number of thiazole rings is 1. The van der Waals surface area contributed by atoms with Gasteiger partial charge in [-0.15, -0.1) is 11.3 Å². The van der Waals surface area contributed by atoms with Crippen LogP contribution in [0.2, 0.25) is 0 Å². The summed E-state index contributed by atoms with van der Waals surface area (Å²) < 4.78 is 43.3. The van der Waals surface area contributed by atoms with Crippen LogP contribution in [0.5, 0.6) is 0 Å². The van der Waals surface area contributed by atoms with Crippen molar-refractivity contribution in [1.29, 1.82) is 0 Å². The highest BCUT2D eigenvalue weighted by Crippen LogP contribution is 2.38. The van der Waals surface area contributed by atoms with E-state index < -0.39 is 30.1 Å². The normalized spacial score (nSPS) is 21.9. The van der Waals surface area contributed by atoms with Gasteiger partial charge in [0, 0.05) is 11.9 Å². The molecule has 1 amide bonds. The number of carbonyl (C=O) groups excluding carboxylic acids is 2. The second-order valence-corrected chi connectivity index (χ2v) is 6.96. The van der Waals surface area contributed by atoms with Gasteiger partial charge in [-0.05, 0) is 25.8 Å². The number of anilines is 1. The molecule has 0 aromatic carbocycles. The summed E-state index contributed by atoms with van der Waals surface area (Å²) in [5.74, 6) is -0.865. The molecule has 1 unspecified atom stereocenters. The van der Waals surface area contributed by atoms with Gasteiger partial charge in [0.15, 0.2) is 10.7 Å². The van der Waals surface area contributed by atoms with E-state index in [0.29, 0.717) is 10.8 Å². The standard InChI is InChI=1S/C15H20F3N3O4S/c1-25-12(23)7-10-9-26-13(19-10)20-11(22)8-21-5-2-3-14(24,4-6-21)15(16,17)18/h9,24H,2-8H2,1H3,(H,19,20,22). The SMILES string of the molecule is COC(=O)Cc1csc(NC(=O)CN2CCCC(O)(C(F)(F)F)CC2)n1. The summed E-state index contributed by atoms with van der Waals surface area (Å²) in [6.45, 7) is 0.159. The number of esters is 1. The Bertz CT molecular complexity index is 652. The largest absolute Gasteiger partial charge is 0.469 e. The van der Waals surface area contributed by atoms with Gasteiger partial charge in [0.25, 0.3) is 0 Å². The smallest absolute Gasteiger partial charge is 0.417 e. The number of likely N-dealkylation sites (tertiary alicyclic amines) is 1. The third kappa shape index (κ3) is 5.39. The Kier molecular flexibility index (Phi) is 6.58. The molecule has 1 aromatic heterocycles. The fourth-order valence-electron chi connectivity index (χ4n) is 2.64. The predicted molar refractivity (Wildman–Crippen MR) is 87.8 cm³/mol. The van der Waals surface area contributed by atoms with Crippen molar-refractivity contribution in [2.24, 2.45) is 0 Å². The van der Waals surface area contributed by atoms with Crippen LogP contribution in [0, 0.1) is 0 Å². The van der Waals surface area contributed by atoms with Crippen molar-refractivity contribution < 1.29 is 32.6 Å². The van der Waals surface area contributed by atoms with E-state index in [2.05, 4.69) is 15.0 Å². The number of nitrogens with zero attached hydrogens (tertiary/aromatic N) is 2. The van der Waals surface area contributed by atoms with Crippen LogP contribution < -0.4 is 5.32 Å². The third-order valence-electron chi connectivity index (χ3n) is 4.15. The monoisotopic (exact) mass is 395 g/mol. The Hall–Kier alpha value is -1.72. The van der Waals surface area contributed by atoms with Gasteiger partial charge >= 0.3 is 12.1 Å². The molecule has 1 atom stereocenters. The maximum Gasteiger partial charge on any atom is 0.417 e. The number of amides is 1. The summed E-state index contributed by atoms with van der Waals surface area (Å²) in [6.07, 6.45) is -5.39. The van der Waals surface area contributed by atoms with Gasteiger partial charge in [-0.3, -0.25) is 14.5 Å². The molecule has 1 aliphatic heterocycles. The average molecular weight is 395 g/mol. The number of nitrogens with one attached hydrogen (secondary N) is 1. The van der Waals surface area contributed by atoms with E-state index in [1.54, 1.807) is 10.3 Å². The van der Waals surface area contributed by atoms with E-state index in [1.807, 2.05) is 0 Å². The maximum absolute atomic E-state index is 12.9. The number of ether oxygens (including phenoxy) is 1. The zero-order valence-electron chi connectivity index (χ0n) is 14.1. The molecule has 2 rings (SSSR count). The van der Waals surface area contributed by atoms with Gasteiger partial charge in [-0.1, -0.05) is 0 Å². The quantitative estimate of drug-likeness (QED) is 0.736. The van der Waals surface area contributed by atoms with Crippen LogP contribution >= 0.6 is 11.3 Å². The molecule has 0 spiro atoms. The van der Waals surface area contributed by atoms with Gasteiger partial charge in [-0.2, -0.15) is 13.2 Å². The van der Waals surface area contributed by atoms with E-state index in [0.717, 1.165) is 11.3 Å². The lowest BCUT2D eigenvalue weighted by molar-refractivity contribution is -0.263. The molecule has 1 saturated heterocycles. The van der Waals surface area contributed by atoms with Crippen LogP contribution in [0.1, 0.15) is 25.0 Å². The Balaban J connectivity index is 1.85. The van der Waals surface area contributed by atoms with E-state index in [1.165, 1.54) is 7.11 Å². The number of aliphatic hydroxyl groups is 1. The number of methoxy groups -OCH3 is 1. The molecule has 1 fully saturated rings. The maximum atomic E-state index is 12.9. The van der Waals surface area contributed by atoms with Gasteiger partial charge in [0.1, 0.15) is 0 Å². The van der Waals surface area contributed by atoms with E-state index in [9.17, 15) is 27.9 Å². The summed E-state index contributed by atoms with van der Waals surface area (Å²) in [5.41, 5.74) is -2.24. The van der Waals surface area contributed by atoms with Crippen molar-refractivity contribution in [2.45, 2.75) is 37.5 Å². The van der Waals surface area contributed by atoms with Crippen LogP contribution in [0.15, 0.2) is 5.38 Å². The molecule has 7 nitrogen and oxygen atoms in total. The number of carbonyl (C=O) groups is 2. The number of aromatic nitrogens is 1. The van der Waals surface area contributed by atoms with Crippen molar-refractivity contribution in [3.63, 3.8) is 0 Å². The zero-order chi connectivity index (χ0) is 19.4. The fourth-order valence-corrected chi connectivity index (χ4v) is 3.37. The van der Waals surface area contributed by atoms with Gasteiger partial charge in [0.2, 0.25) is 5.91 Å². The molecule has 2 heterocycles. The number of hydrogen-bond acceptors (Lipinski definition) is 7.